The van der Waals surface area contributed by atoms with Crippen LogP contribution in [0, 0.1) is 27.7 Å². The van der Waals surface area contributed by atoms with Crippen LogP contribution in [0.15, 0.2) is 216 Å². The van der Waals surface area contributed by atoms with Gasteiger partial charge in [0.05, 0.1) is 74.0 Å². The number of pyridine rings is 4. The maximum Gasteiger partial charge on any atom is 0.408 e. The molecule has 0 saturated carbocycles. The highest BCUT2D eigenvalue weighted by atomic mass is 32.2. The molecule has 0 bridgehead atoms. The third kappa shape index (κ3) is 21.8. The van der Waals surface area contributed by atoms with Crippen molar-refractivity contribution in [2.75, 3.05) is 53.7 Å². The minimum Gasteiger partial charge on any atom is -0.502 e. The van der Waals surface area contributed by atoms with Crippen molar-refractivity contribution in [1.82, 2.24) is 59.3 Å². The molecule has 3 unspecified atom stereocenters. The second-order valence-corrected chi connectivity index (χ2v) is 39.6. The second-order valence-electron chi connectivity index (χ2n) is 34.9. The number of nitrogens with one attached hydrogen (secondary N) is 2. The number of hydrogen-bond donors (Lipinski definition) is 4. The van der Waals surface area contributed by atoms with E-state index < -0.39 is 161 Å². The number of amides is 4. The molecule has 0 fully saturated rings. The van der Waals surface area contributed by atoms with Gasteiger partial charge in [0, 0.05) is 79.8 Å². The fourth-order valence-electron chi connectivity index (χ4n) is 17.7. The molecule has 150 heavy (non-hydrogen) atoms. The number of carbonyl (C=O) groups excluding carboxylic acids is 4. The number of aryl methyl sites for hydroxylation is 4. The Labute approximate surface area is 869 Å². The Kier molecular flexibility index (Phi) is 34.6. The third-order valence-electron chi connectivity index (χ3n) is 25.6. The van der Waals surface area contributed by atoms with Gasteiger partial charge in [-0.05, 0) is 122 Å². The quantitative estimate of drug-likeness (QED) is 0.0458. The van der Waals surface area contributed by atoms with Crippen LogP contribution in [0.3, 0.4) is 0 Å². The van der Waals surface area contributed by atoms with E-state index in [9.17, 15) is 101 Å². The van der Waals surface area contributed by atoms with Gasteiger partial charge in [0.25, 0.3) is 23.6 Å². The van der Waals surface area contributed by atoms with Gasteiger partial charge in [-0.1, -0.05) is 187 Å². The highest BCUT2D eigenvalue weighted by Crippen LogP contribution is 2.54. The van der Waals surface area contributed by atoms with Crippen LogP contribution >= 0.6 is 47.0 Å². The van der Waals surface area contributed by atoms with Gasteiger partial charge in [-0.3, -0.25) is 72.1 Å². The van der Waals surface area contributed by atoms with Crippen molar-refractivity contribution >= 4 is 80.5 Å². The van der Waals surface area contributed by atoms with Crippen LogP contribution in [-0.2, 0) is 5.75 Å². The van der Waals surface area contributed by atoms with Crippen molar-refractivity contribution < 1.29 is 110 Å². The molecule has 0 aliphatic carbocycles. The molecule has 19 rings (SSSR count). The van der Waals surface area contributed by atoms with Gasteiger partial charge in [-0.2, -0.15) is 52.7 Å². The molecule has 802 valence electrons. The second kappa shape index (κ2) is 45.3. The van der Waals surface area contributed by atoms with Crippen molar-refractivity contribution in [3.8, 4) is 23.0 Å². The normalized spacial score (nSPS) is 17.7. The number of rotatable bonds is 18. The topological polar surface area (TPSA) is 363 Å². The first-order valence-corrected chi connectivity index (χ1v) is 49.1. The highest BCUT2D eigenvalue weighted by molar-refractivity contribution is 8.08. The van der Waals surface area contributed by atoms with E-state index >= 15 is 0 Å². The number of nitrogens with zero attached hydrogens (tertiary/aromatic N) is 14. The van der Waals surface area contributed by atoms with E-state index in [4.69, 9.17) is 27.6 Å². The number of alkyl halides is 12. The molecule has 0 radical (unpaired) electrons. The minimum atomic E-state index is -4.74. The average molecular weight is 2170 g/mol. The Morgan fingerprint density at radius 2 is 0.833 bits per heavy atom. The molecule has 4 aromatic carbocycles. The zero-order chi connectivity index (χ0) is 105. The molecule has 48 heteroatoms. The first-order chi connectivity index (χ1) is 69.2. The summed E-state index contributed by atoms with van der Waals surface area (Å²) in [5.74, 6) is -4.17. The molecule has 7 aliphatic rings. The summed E-state index contributed by atoms with van der Waals surface area (Å²) >= 11 is 5.79. The summed E-state index contributed by atoms with van der Waals surface area (Å²) in [5.41, 5.74) is 6.47. The van der Waals surface area contributed by atoms with E-state index in [0.717, 1.165) is 99.4 Å². The molecule has 4 amide bonds. The van der Waals surface area contributed by atoms with Crippen LogP contribution in [0.2, 0.25) is 0 Å². The maximum absolute atomic E-state index is 14.0. The van der Waals surface area contributed by atoms with Gasteiger partial charge in [-0.15, -0.1) is 23.5 Å². The lowest BCUT2D eigenvalue weighted by Gasteiger charge is -2.45. The average Bonchev–Trinajstić information content (AvgIpc) is 0.796. The Bertz CT molecular complexity index is 7360. The van der Waals surface area contributed by atoms with Crippen LogP contribution in [-0.4, -0.2) is 170 Å². The number of ether oxygens (including phenoxy) is 2. The fourth-order valence-corrected chi connectivity index (χ4v) is 21.8. The van der Waals surface area contributed by atoms with Crippen LogP contribution in [0.4, 0.5) is 52.7 Å². The van der Waals surface area contributed by atoms with Crippen LogP contribution in [0.5, 0.6) is 23.0 Å². The smallest absolute Gasteiger partial charge is 0.408 e. The van der Waals surface area contributed by atoms with Crippen molar-refractivity contribution in [2.24, 2.45) is 0 Å². The van der Waals surface area contributed by atoms with E-state index in [1.807, 2.05) is 117 Å². The molecule has 7 aliphatic heterocycles. The monoisotopic (exact) mass is 2170 g/mol. The number of aromatic hydroxyl groups is 2. The maximum atomic E-state index is 14.0. The number of carbonyl (C=O) groups is 4. The molecule has 9 atom stereocenters. The Balaban J connectivity index is 0.000000176. The van der Waals surface area contributed by atoms with Crippen molar-refractivity contribution in [3.63, 3.8) is 0 Å². The molecule has 15 heterocycles. The van der Waals surface area contributed by atoms with Crippen molar-refractivity contribution in [2.45, 2.75) is 235 Å². The predicted molar refractivity (Wildman–Crippen MR) is 542 cm³/mol. The molecular weight excluding hydrogens is 2060 g/mol. The largest absolute Gasteiger partial charge is 0.502 e. The van der Waals surface area contributed by atoms with Crippen LogP contribution in [0.25, 0.3) is 9.81 Å². The Hall–Kier alpha value is -14.2. The zero-order valence-corrected chi connectivity index (χ0v) is 82.8. The highest BCUT2D eigenvalue weighted by Gasteiger charge is 2.54. The van der Waals surface area contributed by atoms with E-state index in [2.05, 4.69) is 39.2 Å². The van der Waals surface area contributed by atoms with Gasteiger partial charge >= 0.3 is 24.7 Å². The summed E-state index contributed by atoms with van der Waals surface area (Å²) < 4.78 is 203. The van der Waals surface area contributed by atoms with Gasteiger partial charge in [0.2, 0.25) is 21.7 Å². The Morgan fingerprint density at radius 1 is 0.467 bits per heavy atom. The first kappa shape index (κ1) is 115. The molecule has 0 spiro atoms. The SMILES string of the molecule is C.C.C.C.C=C1Sc2ccccc2C(N2CN([C@H](C)C(F)(F)F)C(=O)c3c(OCCCC)c(=O)ccn32)c2c(C)noc21.C=C1Sc2ccccc2[C@@H](N2CN([C@H](C)C(F)(F)F)C(=O)c3c(O)c(=O)ccn32)c2c(C)noc21.CCCCOc1c(C(=O)N[C@H](C)C(F)(F)F)n(NC2c3ccccc3SCc3onc(C)c32)ccc1=O.Cc1noc2c1[C@H](N1CN([C@H](C)C(F)(F)F)C(=O)c3c(O)c(=O)ccn31)c1ccccc1SC2C. The van der Waals surface area contributed by atoms with Crippen LogP contribution < -0.4 is 57.0 Å². The number of unbranched alkanes of at least 4 members (excludes halogenated alkanes) is 2. The van der Waals surface area contributed by atoms with Crippen molar-refractivity contribution in [1.29, 1.82) is 0 Å². The first-order valence-electron chi connectivity index (χ1n) is 45.6. The summed E-state index contributed by atoms with van der Waals surface area (Å²) in [6, 6.07) is 23.0. The van der Waals surface area contributed by atoms with Gasteiger partial charge < -0.3 is 63.2 Å². The van der Waals surface area contributed by atoms with Gasteiger partial charge in [0.15, 0.2) is 68.8 Å². The number of halogens is 12. The minimum absolute atomic E-state index is 0. The summed E-state index contributed by atoms with van der Waals surface area (Å²) in [7, 11) is 0. The lowest BCUT2D eigenvalue weighted by molar-refractivity contribution is -0.173. The number of aromatic nitrogens is 8. The van der Waals surface area contributed by atoms with Gasteiger partial charge in [0.1, 0.15) is 62.3 Å². The fraction of sp³-hybridized carbons (Fsp3) is 0.373. The van der Waals surface area contributed by atoms with Crippen LogP contribution in [0.1, 0.15) is 266 Å². The van der Waals surface area contributed by atoms with Gasteiger partial charge in [-0.25, -0.2) is 0 Å². The zero-order valence-electron chi connectivity index (χ0n) is 79.6. The standard InChI is InChI=1S/C27H27F3N4O4S.C25H27F3N4O4S.C23H21F3N4O4S.C23H19F3N4O4S.4CH4/c1-5-6-13-37-25-19(35)11-12-33-23(25)26(36)32(17(4)27(28,29)30)14-34(33)22-18-9-7-8-10-20(18)39-16(3)24-21(22)15(2)31-38-24;1-4-5-12-35-23-17(33)10-11-32(22(23)24(34)29-15(3)25(26,27)28)30-21-16-8-6-7-9-19(16)37-13-18-20(21)14(2)31-36-18;2*1-11-17-18(14-6-4-5-7-16(14)35-12(2)21(17)34-27-11)30-10-28(13(3)23(24,25)26)22(33)19-20(32)15(31)8-9-29(19)30;;;;/h7-12,17,22H,3,5-6,13-14H2,1-2,4H3;6-11,15,21,30H,4-5,12-13H2,1-3H3,(H,29,34);4-9,12-13,18,32H,10H2,1-3H3;4-9,13,18,32H,2,10H2,1,3H3;4*1H4/t17-,22?;15-,21?;12?,13-,18-;13-,18-;;;;/m1111..../s1. The number of benzene rings is 4. The molecule has 8 aromatic heterocycles. The van der Waals surface area contributed by atoms with E-state index in [1.54, 1.807) is 50.5 Å². The summed E-state index contributed by atoms with van der Waals surface area (Å²) in [6.07, 6.45) is -10.8. The lowest BCUT2D eigenvalue weighted by atomic mass is 9.95. The lowest BCUT2D eigenvalue weighted by Crippen LogP contribution is -2.60. The number of thioether (sulfide) groups is 4. The van der Waals surface area contributed by atoms with E-state index in [-0.39, 0.29) is 71.1 Å². The molecule has 0 saturated heterocycles. The molecule has 4 N–H and O–H groups in total. The third-order valence-corrected chi connectivity index (χ3v) is 29.9. The van der Waals surface area contributed by atoms with E-state index in [1.165, 1.54) is 101 Å². The Morgan fingerprint density at radius 3 is 1.29 bits per heavy atom. The number of fused-ring (bicyclic) bond motifs is 11. The summed E-state index contributed by atoms with van der Waals surface area (Å²) in [4.78, 5) is 110. The van der Waals surface area contributed by atoms with Crippen molar-refractivity contribution in [3.05, 3.63) is 313 Å². The summed E-state index contributed by atoms with van der Waals surface area (Å²) in [5, 5.41) is 43.9. The summed E-state index contributed by atoms with van der Waals surface area (Å²) in [6.45, 7) is 23.4. The van der Waals surface area contributed by atoms with E-state index in [0.29, 0.717) is 106 Å². The molecular formula is C102H110F12N16O16S4. The molecule has 12 aromatic rings. The molecule has 32 nitrogen and oxygen atoms in total. The number of hydrogen-bond acceptors (Lipinski definition) is 28. The predicted octanol–water partition coefficient (Wildman–Crippen LogP) is 21.1.